The molecule has 0 aliphatic rings. The number of amides is 1. The number of ether oxygens (including phenoxy) is 2. The summed E-state index contributed by atoms with van der Waals surface area (Å²) < 4.78 is 24.3. The first-order valence-corrected chi connectivity index (χ1v) is 7.20. The largest absolute Gasteiger partial charge is 0.489 e. The van der Waals surface area contributed by atoms with E-state index < -0.39 is 0 Å². The molecule has 1 amide bonds. The summed E-state index contributed by atoms with van der Waals surface area (Å²) in [6.07, 6.45) is 0.0144. The fourth-order valence-corrected chi connectivity index (χ4v) is 1.64. The van der Waals surface area contributed by atoms with E-state index in [1.54, 1.807) is 6.07 Å². The van der Waals surface area contributed by atoms with Crippen LogP contribution in [-0.2, 0) is 9.53 Å². The Labute approximate surface area is 125 Å². The molecule has 21 heavy (non-hydrogen) atoms. The van der Waals surface area contributed by atoms with Gasteiger partial charge in [0.1, 0.15) is 13.2 Å². The van der Waals surface area contributed by atoms with E-state index in [9.17, 15) is 9.18 Å². The SMILES string of the molecule is CC(C)OCC(=O)NCCOc1ccc(C(C)C)cc1F. The van der Waals surface area contributed by atoms with Gasteiger partial charge in [0.15, 0.2) is 11.6 Å². The van der Waals surface area contributed by atoms with Crippen molar-refractivity contribution in [2.75, 3.05) is 19.8 Å². The maximum atomic E-state index is 13.8. The summed E-state index contributed by atoms with van der Waals surface area (Å²) in [4.78, 5) is 11.4. The zero-order valence-electron chi connectivity index (χ0n) is 13.1. The fourth-order valence-electron chi connectivity index (χ4n) is 1.64. The molecule has 4 nitrogen and oxygen atoms in total. The Balaban J connectivity index is 2.31. The molecule has 0 unspecified atom stereocenters. The smallest absolute Gasteiger partial charge is 0.246 e. The minimum Gasteiger partial charge on any atom is -0.489 e. The van der Waals surface area contributed by atoms with E-state index in [4.69, 9.17) is 9.47 Å². The lowest BCUT2D eigenvalue weighted by atomic mass is 10.0. The van der Waals surface area contributed by atoms with Gasteiger partial charge in [0, 0.05) is 0 Å². The minimum absolute atomic E-state index is 0.0144. The Kier molecular flexibility index (Phi) is 7.15. The number of hydrogen-bond donors (Lipinski definition) is 1. The average Bonchev–Trinajstić information content (AvgIpc) is 2.42. The van der Waals surface area contributed by atoms with Crippen LogP contribution in [0.15, 0.2) is 18.2 Å². The van der Waals surface area contributed by atoms with Gasteiger partial charge in [0.2, 0.25) is 5.91 Å². The van der Waals surface area contributed by atoms with Gasteiger partial charge in [-0.1, -0.05) is 19.9 Å². The fraction of sp³-hybridized carbons (Fsp3) is 0.562. The Morgan fingerprint density at radius 3 is 2.57 bits per heavy atom. The van der Waals surface area contributed by atoms with Crippen molar-refractivity contribution in [2.45, 2.75) is 39.7 Å². The van der Waals surface area contributed by atoms with Gasteiger partial charge >= 0.3 is 0 Å². The summed E-state index contributed by atoms with van der Waals surface area (Å²) in [5, 5.41) is 2.65. The quantitative estimate of drug-likeness (QED) is 0.751. The predicted octanol–water partition coefficient (Wildman–Crippen LogP) is 2.87. The molecule has 0 fully saturated rings. The van der Waals surface area contributed by atoms with E-state index in [2.05, 4.69) is 5.32 Å². The van der Waals surface area contributed by atoms with Gasteiger partial charge in [-0.3, -0.25) is 4.79 Å². The van der Waals surface area contributed by atoms with Crippen LogP contribution < -0.4 is 10.1 Å². The zero-order valence-corrected chi connectivity index (χ0v) is 13.1. The molecule has 0 saturated heterocycles. The van der Waals surface area contributed by atoms with Crippen LogP contribution in [0.1, 0.15) is 39.2 Å². The standard InChI is InChI=1S/C16H24FNO3/c1-11(2)13-5-6-15(14(17)9-13)20-8-7-18-16(19)10-21-12(3)4/h5-6,9,11-12H,7-8,10H2,1-4H3,(H,18,19). The van der Waals surface area contributed by atoms with Crippen LogP contribution in [-0.4, -0.2) is 31.8 Å². The molecule has 0 spiro atoms. The Hall–Kier alpha value is -1.62. The molecule has 0 aliphatic heterocycles. The van der Waals surface area contributed by atoms with E-state index in [0.717, 1.165) is 5.56 Å². The molecule has 0 bridgehead atoms. The van der Waals surface area contributed by atoms with Crippen molar-refractivity contribution >= 4 is 5.91 Å². The lowest BCUT2D eigenvalue weighted by molar-refractivity contribution is -0.127. The third kappa shape index (κ3) is 6.58. The van der Waals surface area contributed by atoms with Gasteiger partial charge in [-0.05, 0) is 37.5 Å². The highest BCUT2D eigenvalue weighted by Crippen LogP contribution is 2.22. The van der Waals surface area contributed by atoms with Crippen LogP contribution in [0.4, 0.5) is 4.39 Å². The summed E-state index contributed by atoms with van der Waals surface area (Å²) in [7, 11) is 0. The first kappa shape index (κ1) is 17.4. The van der Waals surface area contributed by atoms with Crippen molar-refractivity contribution < 1.29 is 18.7 Å². The van der Waals surface area contributed by atoms with Gasteiger partial charge in [0.25, 0.3) is 0 Å². The van der Waals surface area contributed by atoms with Gasteiger partial charge in [-0.2, -0.15) is 0 Å². The average molecular weight is 297 g/mol. The lowest BCUT2D eigenvalue weighted by Crippen LogP contribution is -2.32. The number of rotatable bonds is 8. The first-order valence-electron chi connectivity index (χ1n) is 7.20. The highest BCUT2D eigenvalue weighted by molar-refractivity contribution is 5.77. The second-order valence-electron chi connectivity index (χ2n) is 5.40. The van der Waals surface area contributed by atoms with Gasteiger partial charge in [-0.15, -0.1) is 0 Å². The van der Waals surface area contributed by atoms with Crippen LogP contribution in [0.3, 0.4) is 0 Å². The molecule has 1 N–H and O–H groups in total. The molecular formula is C16H24FNO3. The number of hydrogen-bond acceptors (Lipinski definition) is 3. The third-order valence-electron chi connectivity index (χ3n) is 2.85. The van der Waals surface area contributed by atoms with E-state index >= 15 is 0 Å². The van der Waals surface area contributed by atoms with E-state index in [1.165, 1.54) is 6.07 Å². The van der Waals surface area contributed by atoms with Crippen molar-refractivity contribution in [2.24, 2.45) is 0 Å². The molecule has 1 rings (SSSR count). The van der Waals surface area contributed by atoms with Crippen molar-refractivity contribution in [3.8, 4) is 5.75 Å². The highest BCUT2D eigenvalue weighted by atomic mass is 19.1. The highest BCUT2D eigenvalue weighted by Gasteiger charge is 2.07. The third-order valence-corrected chi connectivity index (χ3v) is 2.85. The number of benzene rings is 1. The number of carbonyl (C=O) groups is 1. The molecular weight excluding hydrogens is 273 g/mol. The van der Waals surface area contributed by atoms with Crippen LogP contribution in [0, 0.1) is 5.82 Å². The molecule has 0 aromatic heterocycles. The van der Waals surface area contributed by atoms with Gasteiger partial charge in [-0.25, -0.2) is 4.39 Å². The Morgan fingerprint density at radius 2 is 2.00 bits per heavy atom. The molecule has 0 atom stereocenters. The van der Waals surface area contributed by atoms with Crippen LogP contribution >= 0.6 is 0 Å². The molecule has 5 heteroatoms. The molecule has 0 saturated carbocycles. The van der Waals surface area contributed by atoms with E-state index in [0.29, 0.717) is 6.54 Å². The second-order valence-corrected chi connectivity index (χ2v) is 5.40. The first-order chi connectivity index (χ1) is 9.90. The maximum absolute atomic E-state index is 13.8. The normalized spacial score (nSPS) is 11.0. The van der Waals surface area contributed by atoms with E-state index in [-0.39, 0.29) is 42.7 Å². The van der Waals surface area contributed by atoms with Crippen molar-refractivity contribution in [3.05, 3.63) is 29.6 Å². The van der Waals surface area contributed by atoms with E-state index in [1.807, 2.05) is 33.8 Å². The maximum Gasteiger partial charge on any atom is 0.246 e. The Morgan fingerprint density at radius 1 is 1.29 bits per heavy atom. The van der Waals surface area contributed by atoms with Crippen LogP contribution in [0.25, 0.3) is 0 Å². The summed E-state index contributed by atoms with van der Waals surface area (Å²) >= 11 is 0. The van der Waals surface area contributed by atoms with Crippen molar-refractivity contribution in [3.63, 3.8) is 0 Å². The van der Waals surface area contributed by atoms with Crippen LogP contribution in [0.5, 0.6) is 5.75 Å². The molecule has 0 aliphatic carbocycles. The minimum atomic E-state index is -0.379. The summed E-state index contributed by atoms with van der Waals surface area (Å²) in [6.45, 7) is 8.28. The monoisotopic (exact) mass is 297 g/mol. The zero-order chi connectivity index (χ0) is 15.8. The number of carbonyl (C=O) groups excluding carboxylic acids is 1. The number of nitrogens with one attached hydrogen (secondary N) is 1. The summed E-state index contributed by atoms with van der Waals surface area (Å²) in [6, 6.07) is 4.95. The molecule has 1 aromatic carbocycles. The van der Waals surface area contributed by atoms with Gasteiger partial charge in [0.05, 0.1) is 12.6 Å². The predicted molar refractivity (Wildman–Crippen MR) is 80.1 cm³/mol. The van der Waals surface area contributed by atoms with Crippen LogP contribution in [0.2, 0.25) is 0 Å². The van der Waals surface area contributed by atoms with Crippen molar-refractivity contribution in [1.82, 2.24) is 5.32 Å². The molecule has 0 heterocycles. The Bertz CT molecular complexity index is 461. The number of halogens is 1. The lowest BCUT2D eigenvalue weighted by Gasteiger charge is -2.11. The molecule has 1 aromatic rings. The van der Waals surface area contributed by atoms with Gasteiger partial charge < -0.3 is 14.8 Å². The second kappa shape index (κ2) is 8.62. The molecule has 118 valence electrons. The van der Waals surface area contributed by atoms with Crippen molar-refractivity contribution in [1.29, 1.82) is 0 Å². The summed E-state index contributed by atoms with van der Waals surface area (Å²) in [5.74, 6) is -0.112. The molecule has 0 radical (unpaired) electrons. The summed E-state index contributed by atoms with van der Waals surface area (Å²) in [5.41, 5.74) is 0.930. The topological polar surface area (TPSA) is 47.6 Å².